The van der Waals surface area contributed by atoms with Gasteiger partial charge in [-0.15, -0.1) is 0 Å². The van der Waals surface area contributed by atoms with Crippen LogP contribution in [0, 0.1) is 0 Å². The smallest absolute Gasteiger partial charge is 0.257 e. The second-order valence-corrected chi connectivity index (χ2v) is 6.10. The van der Waals surface area contributed by atoms with Gasteiger partial charge in [0.15, 0.2) is 0 Å². The van der Waals surface area contributed by atoms with E-state index in [0.717, 1.165) is 31.4 Å². The van der Waals surface area contributed by atoms with Crippen LogP contribution < -0.4 is 0 Å². The molecule has 5 heteroatoms. The average molecular weight is 298 g/mol. The number of hydrogen-bond acceptors (Lipinski definition) is 3. The first-order valence-corrected chi connectivity index (χ1v) is 7.92. The quantitative estimate of drug-likeness (QED) is 0.874. The van der Waals surface area contributed by atoms with E-state index in [2.05, 4.69) is 30.0 Å². The fraction of sp³-hybridized carbons (Fsp3) is 0.471. The van der Waals surface area contributed by atoms with Gasteiger partial charge in [0, 0.05) is 31.2 Å². The number of aromatic nitrogens is 3. The van der Waals surface area contributed by atoms with Crippen LogP contribution >= 0.6 is 0 Å². The molecule has 2 aromatic rings. The second kappa shape index (κ2) is 6.30. The zero-order valence-electron chi connectivity index (χ0n) is 13.1. The van der Waals surface area contributed by atoms with Gasteiger partial charge < -0.3 is 4.90 Å². The molecule has 1 saturated heterocycles. The van der Waals surface area contributed by atoms with Crippen molar-refractivity contribution in [1.29, 1.82) is 0 Å². The molecule has 3 heterocycles. The number of carbonyl (C=O) groups is 1. The molecule has 3 rings (SSSR count). The Labute approximate surface area is 131 Å². The summed E-state index contributed by atoms with van der Waals surface area (Å²) < 4.78 is 1.83. The van der Waals surface area contributed by atoms with Crippen LogP contribution in [-0.4, -0.2) is 32.1 Å². The van der Waals surface area contributed by atoms with Gasteiger partial charge in [0.25, 0.3) is 5.91 Å². The zero-order chi connectivity index (χ0) is 15.5. The Balaban J connectivity index is 1.85. The maximum Gasteiger partial charge on any atom is 0.257 e. The van der Waals surface area contributed by atoms with Crippen LogP contribution in [0.3, 0.4) is 0 Å². The van der Waals surface area contributed by atoms with E-state index in [4.69, 9.17) is 0 Å². The summed E-state index contributed by atoms with van der Waals surface area (Å²) >= 11 is 0. The maximum atomic E-state index is 12.9. The summed E-state index contributed by atoms with van der Waals surface area (Å²) in [5.41, 5.74) is 1.79. The molecule has 1 aliphatic heterocycles. The molecule has 0 saturated carbocycles. The molecule has 1 fully saturated rings. The molecule has 1 atom stereocenters. The van der Waals surface area contributed by atoms with Gasteiger partial charge in [0.1, 0.15) is 0 Å². The van der Waals surface area contributed by atoms with E-state index >= 15 is 0 Å². The lowest BCUT2D eigenvalue weighted by molar-refractivity contribution is 0.0611. The summed E-state index contributed by atoms with van der Waals surface area (Å²) in [5.74, 6) is 0.0699. The van der Waals surface area contributed by atoms with Crippen LogP contribution in [0.2, 0.25) is 0 Å². The van der Waals surface area contributed by atoms with Crippen molar-refractivity contribution in [3.05, 3.63) is 48.0 Å². The van der Waals surface area contributed by atoms with E-state index in [1.165, 1.54) is 0 Å². The highest BCUT2D eigenvalue weighted by atomic mass is 16.2. The first kappa shape index (κ1) is 14.8. The highest BCUT2D eigenvalue weighted by Gasteiger charge is 2.29. The van der Waals surface area contributed by atoms with Crippen LogP contribution in [-0.2, 0) is 0 Å². The molecule has 0 bridgehead atoms. The minimum absolute atomic E-state index is 0.0699. The van der Waals surface area contributed by atoms with Crippen LogP contribution in [0.25, 0.3) is 0 Å². The Hall–Kier alpha value is -2.17. The Morgan fingerprint density at radius 3 is 2.86 bits per heavy atom. The van der Waals surface area contributed by atoms with E-state index in [1.54, 1.807) is 12.4 Å². The predicted octanol–water partition coefficient (Wildman–Crippen LogP) is 3.23. The van der Waals surface area contributed by atoms with E-state index in [9.17, 15) is 4.79 Å². The van der Waals surface area contributed by atoms with Gasteiger partial charge in [-0.25, -0.2) is 0 Å². The number of piperidine rings is 1. The van der Waals surface area contributed by atoms with E-state index < -0.39 is 0 Å². The van der Waals surface area contributed by atoms with Crippen molar-refractivity contribution < 1.29 is 4.79 Å². The molecule has 22 heavy (non-hydrogen) atoms. The fourth-order valence-electron chi connectivity index (χ4n) is 2.99. The molecule has 0 spiro atoms. The number of carbonyl (C=O) groups excluding carboxylic acids is 1. The lowest BCUT2D eigenvalue weighted by Crippen LogP contribution is -2.38. The second-order valence-electron chi connectivity index (χ2n) is 6.10. The molecule has 1 unspecified atom stereocenters. The van der Waals surface area contributed by atoms with Gasteiger partial charge in [-0.3, -0.25) is 14.5 Å². The highest BCUT2D eigenvalue weighted by Crippen LogP contribution is 2.31. The number of hydrogen-bond donors (Lipinski definition) is 0. The lowest BCUT2D eigenvalue weighted by Gasteiger charge is -2.35. The molecule has 5 nitrogen and oxygen atoms in total. The summed E-state index contributed by atoms with van der Waals surface area (Å²) in [6, 6.07) is 4.37. The van der Waals surface area contributed by atoms with Crippen molar-refractivity contribution >= 4 is 5.91 Å². The van der Waals surface area contributed by atoms with Gasteiger partial charge in [-0.2, -0.15) is 5.10 Å². The molecule has 0 radical (unpaired) electrons. The molecular weight excluding hydrogens is 276 g/mol. The Morgan fingerprint density at radius 1 is 1.32 bits per heavy atom. The van der Waals surface area contributed by atoms with Crippen molar-refractivity contribution in [3.8, 4) is 0 Å². The zero-order valence-corrected chi connectivity index (χ0v) is 13.1. The van der Waals surface area contributed by atoms with Crippen molar-refractivity contribution in [3.63, 3.8) is 0 Å². The monoisotopic (exact) mass is 298 g/mol. The molecule has 0 aromatic carbocycles. The third-order valence-corrected chi connectivity index (χ3v) is 4.21. The Kier molecular flexibility index (Phi) is 4.22. The van der Waals surface area contributed by atoms with Gasteiger partial charge >= 0.3 is 0 Å². The summed E-state index contributed by atoms with van der Waals surface area (Å²) in [4.78, 5) is 19.0. The first-order chi connectivity index (χ1) is 10.7. The van der Waals surface area contributed by atoms with Crippen LogP contribution in [0.4, 0.5) is 0 Å². The number of pyridine rings is 1. The van der Waals surface area contributed by atoms with E-state index in [-0.39, 0.29) is 18.0 Å². The number of likely N-dealkylation sites (tertiary alicyclic amines) is 1. The van der Waals surface area contributed by atoms with Crippen molar-refractivity contribution in [1.82, 2.24) is 19.7 Å². The van der Waals surface area contributed by atoms with Crippen LogP contribution in [0.15, 0.2) is 36.9 Å². The number of amides is 1. The average Bonchev–Trinajstić information content (AvgIpc) is 3.05. The molecule has 116 valence electrons. The van der Waals surface area contributed by atoms with Crippen LogP contribution in [0.1, 0.15) is 61.1 Å². The summed E-state index contributed by atoms with van der Waals surface area (Å²) in [6.07, 6.45) is 10.4. The van der Waals surface area contributed by atoms with Crippen molar-refractivity contribution in [2.75, 3.05) is 6.54 Å². The summed E-state index contributed by atoms with van der Waals surface area (Å²) in [5, 5.41) is 4.29. The Bertz CT molecular complexity index is 635. The molecular formula is C17H22N4O. The molecule has 2 aromatic heterocycles. The van der Waals surface area contributed by atoms with E-state index in [0.29, 0.717) is 5.56 Å². The Morgan fingerprint density at radius 2 is 2.18 bits per heavy atom. The SMILES string of the molecule is CC(C)n1cc(C(=O)N2CCCCC2c2cccnc2)cn1. The van der Waals surface area contributed by atoms with E-state index in [1.807, 2.05) is 28.0 Å². The number of nitrogens with zero attached hydrogens (tertiary/aromatic N) is 4. The minimum Gasteiger partial charge on any atom is -0.331 e. The largest absolute Gasteiger partial charge is 0.331 e. The van der Waals surface area contributed by atoms with Crippen molar-refractivity contribution in [2.45, 2.75) is 45.2 Å². The third-order valence-electron chi connectivity index (χ3n) is 4.21. The first-order valence-electron chi connectivity index (χ1n) is 7.92. The molecule has 0 N–H and O–H groups in total. The van der Waals surface area contributed by atoms with Crippen molar-refractivity contribution in [2.24, 2.45) is 0 Å². The topological polar surface area (TPSA) is 51.0 Å². The summed E-state index contributed by atoms with van der Waals surface area (Å²) in [7, 11) is 0. The summed E-state index contributed by atoms with van der Waals surface area (Å²) in [6.45, 7) is 4.91. The third kappa shape index (κ3) is 2.89. The standard InChI is InChI=1S/C17H22N4O/c1-13(2)21-12-15(11-19-21)17(22)20-9-4-3-7-16(20)14-6-5-8-18-10-14/h5-6,8,10-13,16H,3-4,7,9H2,1-2H3. The van der Waals surface area contributed by atoms with Gasteiger partial charge in [0.05, 0.1) is 17.8 Å². The van der Waals surface area contributed by atoms with Gasteiger partial charge in [-0.1, -0.05) is 6.07 Å². The fourth-order valence-corrected chi connectivity index (χ4v) is 2.99. The van der Waals surface area contributed by atoms with Crippen LogP contribution in [0.5, 0.6) is 0 Å². The molecule has 1 aliphatic rings. The predicted molar refractivity (Wildman–Crippen MR) is 84.5 cm³/mol. The number of rotatable bonds is 3. The molecule has 0 aliphatic carbocycles. The van der Waals surface area contributed by atoms with Gasteiger partial charge in [0.2, 0.25) is 0 Å². The van der Waals surface area contributed by atoms with Gasteiger partial charge in [-0.05, 0) is 44.7 Å². The lowest BCUT2D eigenvalue weighted by atomic mass is 9.96. The maximum absolute atomic E-state index is 12.9. The minimum atomic E-state index is 0.0699. The normalized spacial score (nSPS) is 18.7. The molecule has 1 amide bonds. The highest BCUT2D eigenvalue weighted by molar-refractivity contribution is 5.94.